The summed E-state index contributed by atoms with van der Waals surface area (Å²) in [6.07, 6.45) is -4.41. The summed E-state index contributed by atoms with van der Waals surface area (Å²) in [5.74, 6) is -0.264. The van der Waals surface area contributed by atoms with Crippen molar-refractivity contribution < 1.29 is 22.7 Å². The lowest BCUT2D eigenvalue weighted by atomic mass is 10.1. The van der Waals surface area contributed by atoms with Gasteiger partial charge in [0.25, 0.3) is 5.91 Å². The van der Waals surface area contributed by atoms with Gasteiger partial charge in [0.05, 0.1) is 11.1 Å². The highest BCUT2D eigenvalue weighted by molar-refractivity contribution is 6.30. The Hall–Kier alpha value is -2.80. The van der Waals surface area contributed by atoms with Gasteiger partial charge >= 0.3 is 6.18 Å². The Morgan fingerprint density at radius 2 is 1.85 bits per heavy atom. The molecule has 0 bridgehead atoms. The third-order valence-corrected chi connectivity index (χ3v) is 4.01. The first-order chi connectivity index (χ1) is 12.7. The van der Waals surface area contributed by atoms with E-state index in [0.29, 0.717) is 16.4 Å². The van der Waals surface area contributed by atoms with E-state index in [4.69, 9.17) is 16.3 Å². The fraction of sp³-hybridized carbons (Fsp3) is 0.158. The van der Waals surface area contributed by atoms with Gasteiger partial charge in [-0.3, -0.25) is 4.79 Å². The van der Waals surface area contributed by atoms with Crippen molar-refractivity contribution in [2.24, 2.45) is 0 Å². The second kappa shape index (κ2) is 7.44. The second-order valence-corrected chi connectivity index (χ2v) is 6.24. The van der Waals surface area contributed by atoms with Crippen molar-refractivity contribution >= 4 is 34.1 Å². The number of benzene rings is 2. The van der Waals surface area contributed by atoms with Crippen molar-refractivity contribution in [2.75, 3.05) is 11.9 Å². The maximum Gasteiger partial charge on any atom is 0.416 e. The lowest BCUT2D eigenvalue weighted by molar-refractivity contribution is -0.137. The number of rotatable bonds is 4. The van der Waals surface area contributed by atoms with Crippen LogP contribution in [-0.2, 0) is 11.0 Å². The van der Waals surface area contributed by atoms with E-state index in [9.17, 15) is 18.0 Å². The fourth-order valence-corrected chi connectivity index (χ4v) is 2.77. The predicted octanol–water partition coefficient (Wildman–Crippen LogP) is 5.23. The summed E-state index contributed by atoms with van der Waals surface area (Å²) in [5.41, 5.74) is 1.40. The summed E-state index contributed by atoms with van der Waals surface area (Å²) in [6.45, 7) is 1.55. The van der Waals surface area contributed by atoms with Gasteiger partial charge < -0.3 is 10.1 Å². The van der Waals surface area contributed by atoms with Gasteiger partial charge in [0, 0.05) is 11.1 Å². The van der Waals surface area contributed by atoms with Gasteiger partial charge in [-0.05, 0) is 61.0 Å². The number of aryl methyl sites for hydroxylation is 1. The molecule has 0 aliphatic carbocycles. The van der Waals surface area contributed by atoms with Crippen LogP contribution in [0.2, 0.25) is 5.15 Å². The first-order valence-corrected chi connectivity index (χ1v) is 8.27. The zero-order chi connectivity index (χ0) is 19.6. The molecule has 0 atom stereocenters. The minimum absolute atomic E-state index is 0.173. The van der Waals surface area contributed by atoms with E-state index in [0.717, 1.165) is 23.1 Å². The number of carbonyl (C=O) groups is 1. The van der Waals surface area contributed by atoms with Gasteiger partial charge in [-0.15, -0.1) is 0 Å². The van der Waals surface area contributed by atoms with Gasteiger partial charge in [-0.2, -0.15) is 13.2 Å². The Morgan fingerprint density at radius 3 is 2.52 bits per heavy atom. The molecule has 3 aromatic rings. The summed E-state index contributed by atoms with van der Waals surface area (Å²) in [4.78, 5) is 16.2. The van der Waals surface area contributed by atoms with Crippen LogP contribution < -0.4 is 10.1 Å². The minimum atomic E-state index is -4.41. The Labute approximate surface area is 157 Å². The standard InChI is InChI=1S/C19H14ClF3N2O2/c1-11-8-17(20)25-16-7-4-13(9-15(11)16)24-18(26)10-27-14-5-2-12(3-6-14)19(21,22)23/h2-9H,10H2,1H3,(H,24,26). The molecule has 1 aromatic heterocycles. The normalized spacial score (nSPS) is 11.4. The molecule has 1 N–H and O–H groups in total. The molecule has 1 amide bonds. The van der Waals surface area contributed by atoms with Crippen molar-refractivity contribution in [2.45, 2.75) is 13.1 Å². The number of fused-ring (bicyclic) bond motifs is 1. The first kappa shape index (κ1) is 19.0. The van der Waals surface area contributed by atoms with E-state index in [1.807, 2.05) is 6.92 Å². The number of ether oxygens (including phenoxy) is 1. The SMILES string of the molecule is Cc1cc(Cl)nc2ccc(NC(=O)COc3ccc(C(F)(F)F)cc3)cc12. The topological polar surface area (TPSA) is 51.2 Å². The molecule has 0 aliphatic rings. The number of alkyl halides is 3. The minimum Gasteiger partial charge on any atom is -0.484 e. The first-order valence-electron chi connectivity index (χ1n) is 7.89. The number of carbonyl (C=O) groups excluding carboxylic acids is 1. The monoisotopic (exact) mass is 394 g/mol. The number of hydrogen-bond donors (Lipinski definition) is 1. The number of aromatic nitrogens is 1. The van der Waals surface area contributed by atoms with Gasteiger partial charge in [-0.25, -0.2) is 4.98 Å². The van der Waals surface area contributed by atoms with E-state index < -0.39 is 17.6 Å². The van der Waals surface area contributed by atoms with E-state index >= 15 is 0 Å². The van der Waals surface area contributed by atoms with Crippen LogP contribution in [0.25, 0.3) is 10.9 Å². The molecular weight excluding hydrogens is 381 g/mol. The number of hydrogen-bond acceptors (Lipinski definition) is 3. The van der Waals surface area contributed by atoms with Crippen molar-refractivity contribution in [3.8, 4) is 5.75 Å². The third kappa shape index (κ3) is 4.68. The Kier molecular flexibility index (Phi) is 5.23. The lowest BCUT2D eigenvalue weighted by Gasteiger charge is -2.10. The summed E-state index contributed by atoms with van der Waals surface area (Å²) in [5, 5.41) is 3.92. The van der Waals surface area contributed by atoms with Crippen molar-refractivity contribution in [1.82, 2.24) is 4.98 Å². The number of pyridine rings is 1. The summed E-state index contributed by atoms with van der Waals surface area (Å²) in [6, 6.07) is 11.1. The zero-order valence-electron chi connectivity index (χ0n) is 14.1. The third-order valence-electron chi connectivity index (χ3n) is 3.82. The molecule has 8 heteroatoms. The molecule has 27 heavy (non-hydrogen) atoms. The van der Waals surface area contributed by atoms with Crippen LogP contribution in [0.1, 0.15) is 11.1 Å². The molecule has 0 radical (unpaired) electrons. The fourth-order valence-electron chi connectivity index (χ4n) is 2.52. The molecule has 1 heterocycles. The van der Waals surface area contributed by atoms with Crippen LogP contribution in [-0.4, -0.2) is 17.5 Å². The molecule has 0 fully saturated rings. The van der Waals surface area contributed by atoms with Crippen molar-refractivity contribution in [1.29, 1.82) is 0 Å². The van der Waals surface area contributed by atoms with Crippen LogP contribution >= 0.6 is 11.6 Å². The van der Waals surface area contributed by atoms with E-state index in [-0.39, 0.29) is 12.4 Å². The van der Waals surface area contributed by atoms with Crippen LogP contribution in [0, 0.1) is 6.92 Å². The second-order valence-electron chi connectivity index (χ2n) is 5.85. The number of nitrogens with zero attached hydrogens (tertiary/aromatic N) is 1. The number of anilines is 1. The van der Waals surface area contributed by atoms with Crippen LogP contribution in [0.15, 0.2) is 48.5 Å². The molecule has 4 nitrogen and oxygen atoms in total. The average Bonchev–Trinajstić information content (AvgIpc) is 2.60. The predicted molar refractivity (Wildman–Crippen MR) is 97.1 cm³/mol. The van der Waals surface area contributed by atoms with E-state index in [1.54, 1.807) is 24.3 Å². The van der Waals surface area contributed by atoms with Gasteiger partial charge in [0.15, 0.2) is 6.61 Å². The Balaban J connectivity index is 1.63. The van der Waals surface area contributed by atoms with Gasteiger partial charge in [0.2, 0.25) is 0 Å². The lowest BCUT2D eigenvalue weighted by Crippen LogP contribution is -2.20. The Morgan fingerprint density at radius 1 is 1.15 bits per heavy atom. The molecule has 0 spiro atoms. The number of nitrogens with one attached hydrogen (secondary N) is 1. The molecule has 2 aromatic carbocycles. The highest BCUT2D eigenvalue weighted by Gasteiger charge is 2.30. The molecule has 0 saturated carbocycles. The highest BCUT2D eigenvalue weighted by Crippen LogP contribution is 2.30. The molecule has 140 valence electrons. The quantitative estimate of drug-likeness (QED) is 0.616. The summed E-state index contributed by atoms with van der Waals surface area (Å²) >= 11 is 5.92. The number of halogens is 4. The smallest absolute Gasteiger partial charge is 0.416 e. The highest BCUT2D eigenvalue weighted by atomic mass is 35.5. The van der Waals surface area contributed by atoms with E-state index in [1.165, 1.54) is 12.1 Å². The van der Waals surface area contributed by atoms with Gasteiger partial charge in [-0.1, -0.05) is 11.6 Å². The summed E-state index contributed by atoms with van der Waals surface area (Å²) < 4.78 is 42.8. The average molecular weight is 395 g/mol. The van der Waals surface area contributed by atoms with Crippen molar-refractivity contribution in [3.63, 3.8) is 0 Å². The maximum atomic E-state index is 12.5. The molecule has 3 rings (SSSR count). The van der Waals surface area contributed by atoms with Crippen LogP contribution in [0.4, 0.5) is 18.9 Å². The maximum absolute atomic E-state index is 12.5. The zero-order valence-corrected chi connectivity index (χ0v) is 14.9. The summed E-state index contributed by atoms with van der Waals surface area (Å²) in [7, 11) is 0. The molecule has 0 unspecified atom stereocenters. The van der Waals surface area contributed by atoms with Crippen molar-refractivity contribution in [3.05, 3.63) is 64.8 Å². The van der Waals surface area contributed by atoms with Crippen LogP contribution in [0.5, 0.6) is 5.75 Å². The Bertz CT molecular complexity index is 989. The van der Waals surface area contributed by atoms with Crippen LogP contribution in [0.3, 0.4) is 0 Å². The van der Waals surface area contributed by atoms with E-state index in [2.05, 4.69) is 10.3 Å². The number of amides is 1. The van der Waals surface area contributed by atoms with Gasteiger partial charge in [0.1, 0.15) is 10.9 Å². The molecular formula is C19H14ClF3N2O2. The molecule has 0 aliphatic heterocycles. The largest absolute Gasteiger partial charge is 0.484 e. The molecule has 0 saturated heterocycles.